The number of ether oxygens (including phenoxy) is 2. The third-order valence-electron chi connectivity index (χ3n) is 8.41. The van der Waals surface area contributed by atoms with E-state index in [0.717, 1.165) is 78.7 Å². The van der Waals surface area contributed by atoms with Gasteiger partial charge in [-0.3, -0.25) is 0 Å². The Morgan fingerprint density at radius 2 is 1.02 bits per heavy atom. The molecule has 2 aliphatic heterocycles. The lowest BCUT2D eigenvalue weighted by atomic mass is 10.2. The van der Waals surface area contributed by atoms with Crippen molar-refractivity contribution in [1.82, 2.24) is 39.5 Å². The van der Waals surface area contributed by atoms with Gasteiger partial charge in [-0.25, -0.2) is 29.3 Å². The lowest BCUT2D eigenvalue weighted by Crippen LogP contribution is -2.36. The lowest BCUT2D eigenvalue weighted by molar-refractivity contribution is -0.0585. The number of phenols is 1. The fourth-order valence-electron chi connectivity index (χ4n) is 5.53. The van der Waals surface area contributed by atoms with Crippen LogP contribution < -0.4 is 9.80 Å². The van der Waals surface area contributed by atoms with Crippen LogP contribution in [0.1, 0.15) is 5.56 Å². The number of rotatable bonds is 6. The predicted octanol–water partition coefficient (Wildman–Crippen LogP) is 4.02. The minimum absolute atomic E-state index is 0.205. The van der Waals surface area contributed by atoms with E-state index in [-0.39, 0.29) is 5.75 Å². The minimum atomic E-state index is -6.85. The van der Waals surface area contributed by atoms with Crippen molar-refractivity contribution in [3.05, 3.63) is 79.1 Å². The highest BCUT2D eigenvalue weighted by Crippen LogP contribution is 2.32. The standard InChI is InChI=1S/C16H17N5O.C15H15N5O2.C2F6O5S2/c1-12-2-3-13-10-19-21(14(13)8-12)16-9-15(17-11-18-16)20-4-6-22-7-5-20;21-12-2-1-11-9-18-20(13(11)7-12)15-8-14(16-10-17-15)19-3-5-22-6-4-19;3-1(4,5)14(9,10)13-15(11,12)2(6,7)8/h2-3,8-11H,4-7H2,1H3;1-2,7-10,21H,3-6H2;. The largest absolute Gasteiger partial charge is 0.524 e. The van der Waals surface area contributed by atoms with Crippen molar-refractivity contribution in [1.29, 1.82) is 0 Å². The number of benzene rings is 2. The number of aromatic hydroxyl groups is 1. The first kappa shape index (κ1) is 42.9. The second kappa shape index (κ2) is 17.3. The van der Waals surface area contributed by atoms with Gasteiger partial charge in [-0.05, 0) is 30.7 Å². The topological polar surface area (TPSA) is 210 Å². The summed E-state index contributed by atoms with van der Waals surface area (Å²) in [5, 5.41) is 20.6. The van der Waals surface area contributed by atoms with E-state index in [9.17, 15) is 48.3 Å². The maximum Gasteiger partial charge on any atom is 0.524 e. The molecule has 6 aromatic rings. The number of nitrogens with zero attached hydrogens (tertiary/aromatic N) is 10. The Bertz CT molecular complexity index is 2450. The summed E-state index contributed by atoms with van der Waals surface area (Å²) in [5.74, 6) is 3.45. The second-order valence-electron chi connectivity index (χ2n) is 12.5. The number of phenolic OH excluding ortho intramolecular Hbond substituents is 1. The van der Waals surface area contributed by atoms with Crippen molar-refractivity contribution in [2.24, 2.45) is 0 Å². The SMILES string of the molecule is Cc1ccc2cnn(-c3cc(N4CCOCC4)ncn3)c2c1.O=S(=O)(OS(=O)(=O)C(F)(F)F)C(F)(F)F.Oc1ccc2cnn(-c3cc(N4CCOCC4)ncn3)c2c1. The van der Waals surface area contributed by atoms with Crippen LogP contribution >= 0.6 is 0 Å². The Kier molecular flexibility index (Phi) is 12.5. The minimum Gasteiger partial charge on any atom is -0.508 e. The Labute approximate surface area is 330 Å². The van der Waals surface area contributed by atoms with Crippen LogP contribution in [0.25, 0.3) is 33.4 Å². The molecule has 2 aliphatic rings. The molecule has 8 rings (SSSR count). The summed E-state index contributed by atoms with van der Waals surface area (Å²) in [6.07, 6.45) is 6.76. The van der Waals surface area contributed by atoms with Crippen LogP contribution in [0.4, 0.5) is 38.0 Å². The lowest BCUT2D eigenvalue weighted by Gasteiger charge is -2.27. The van der Waals surface area contributed by atoms with Gasteiger partial charge in [-0.2, -0.15) is 53.4 Å². The van der Waals surface area contributed by atoms with E-state index < -0.39 is 31.3 Å². The summed E-state index contributed by atoms with van der Waals surface area (Å²) in [4.78, 5) is 21.8. The third kappa shape index (κ3) is 10.1. The van der Waals surface area contributed by atoms with Crippen molar-refractivity contribution in [3.63, 3.8) is 0 Å². The average molecular weight is 875 g/mol. The molecule has 18 nitrogen and oxygen atoms in total. The molecule has 0 radical (unpaired) electrons. The van der Waals surface area contributed by atoms with E-state index >= 15 is 0 Å². The molecule has 26 heteroatoms. The molecule has 0 bridgehead atoms. The van der Waals surface area contributed by atoms with Crippen molar-refractivity contribution < 1.29 is 61.4 Å². The van der Waals surface area contributed by atoms with Crippen LogP contribution in [0.15, 0.2) is 73.6 Å². The van der Waals surface area contributed by atoms with Gasteiger partial charge in [0.2, 0.25) is 0 Å². The molecule has 316 valence electrons. The summed E-state index contributed by atoms with van der Waals surface area (Å²) >= 11 is 0. The number of halogens is 6. The van der Waals surface area contributed by atoms with E-state index in [1.807, 2.05) is 32.7 Å². The molecule has 0 saturated carbocycles. The number of anilines is 2. The summed E-state index contributed by atoms with van der Waals surface area (Å²) in [5.41, 5.74) is -9.44. The van der Waals surface area contributed by atoms with Crippen molar-refractivity contribution in [2.45, 2.75) is 17.9 Å². The fraction of sp³-hybridized carbons (Fsp3) is 0.333. The van der Waals surface area contributed by atoms with Crippen LogP contribution in [-0.4, -0.2) is 125 Å². The van der Waals surface area contributed by atoms with Gasteiger partial charge in [-0.15, -0.1) is 3.63 Å². The van der Waals surface area contributed by atoms with E-state index in [2.05, 4.69) is 65.1 Å². The molecular weight excluding hydrogens is 843 g/mol. The molecule has 2 saturated heterocycles. The van der Waals surface area contributed by atoms with E-state index in [1.165, 1.54) is 11.9 Å². The predicted molar refractivity (Wildman–Crippen MR) is 197 cm³/mol. The smallest absolute Gasteiger partial charge is 0.508 e. The first-order chi connectivity index (χ1) is 27.8. The zero-order valence-corrected chi connectivity index (χ0v) is 32.1. The summed E-state index contributed by atoms with van der Waals surface area (Å²) < 4.78 is 124. The molecule has 1 N–H and O–H groups in total. The van der Waals surface area contributed by atoms with Gasteiger partial charge in [0.1, 0.15) is 30.0 Å². The van der Waals surface area contributed by atoms with Gasteiger partial charge in [-0.1, -0.05) is 12.1 Å². The molecule has 0 atom stereocenters. The molecule has 0 unspecified atom stereocenters. The number of hydrogen-bond acceptors (Lipinski definition) is 16. The Morgan fingerprint density at radius 3 is 1.46 bits per heavy atom. The normalized spacial score (nSPS) is 15.4. The monoisotopic (exact) mass is 874 g/mol. The highest BCUT2D eigenvalue weighted by Gasteiger charge is 2.57. The first-order valence-electron chi connectivity index (χ1n) is 17.1. The molecule has 2 aromatic carbocycles. The Balaban J connectivity index is 0.000000153. The maximum absolute atomic E-state index is 11.4. The summed E-state index contributed by atoms with van der Waals surface area (Å²) in [6.45, 7) is 8.32. The summed E-state index contributed by atoms with van der Waals surface area (Å²) in [7, 11) is -13.7. The van der Waals surface area contributed by atoms with Crippen LogP contribution in [-0.2, 0) is 33.3 Å². The first-order valence-corrected chi connectivity index (χ1v) is 19.9. The van der Waals surface area contributed by atoms with Gasteiger partial charge >= 0.3 is 31.3 Å². The zero-order chi connectivity index (χ0) is 42.6. The van der Waals surface area contributed by atoms with Crippen LogP contribution in [0.5, 0.6) is 5.75 Å². The number of aromatic nitrogens is 8. The van der Waals surface area contributed by atoms with Gasteiger partial charge in [0.25, 0.3) is 0 Å². The Hall–Kier alpha value is -5.70. The quantitative estimate of drug-likeness (QED) is 0.185. The highest BCUT2D eigenvalue weighted by molar-refractivity contribution is 8.00. The number of aryl methyl sites for hydroxylation is 1. The fourth-order valence-corrected chi connectivity index (χ4v) is 7.09. The van der Waals surface area contributed by atoms with Crippen LogP contribution in [0.3, 0.4) is 0 Å². The molecule has 0 spiro atoms. The van der Waals surface area contributed by atoms with E-state index in [4.69, 9.17) is 9.47 Å². The van der Waals surface area contributed by atoms with Crippen molar-refractivity contribution >= 4 is 53.7 Å². The number of hydrogen-bond donors (Lipinski definition) is 1. The maximum atomic E-state index is 11.4. The van der Waals surface area contributed by atoms with E-state index in [0.29, 0.717) is 19.0 Å². The van der Waals surface area contributed by atoms with Gasteiger partial charge < -0.3 is 24.4 Å². The molecule has 6 heterocycles. The Morgan fingerprint density at radius 1 is 0.610 bits per heavy atom. The van der Waals surface area contributed by atoms with Crippen LogP contribution in [0, 0.1) is 6.92 Å². The number of alkyl halides is 6. The van der Waals surface area contributed by atoms with Gasteiger partial charge in [0, 0.05) is 55.2 Å². The number of fused-ring (bicyclic) bond motifs is 2. The molecule has 2 fully saturated rings. The third-order valence-corrected chi connectivity index (χ3v) is 11.0. The second-order valence-corrected chi connectivity index (χ2v) is 15.7. The van der Waals surface area contributed by atoms with Crippen molar-refractivity contribution in [3.8, 4) is 17.4 Å². The summed E-state index contributed by atoms with van der Waals surface area (Å²) in [6, 6.07) is 15.3. The van der Waals surface area contributed by atoms with E-state index in [1.54, 1.807) is 29.3 Å². The van der Waals surface area contributed by atoms with Gasteiger partial charge in [0.15, 0.2) is 11.6 Å². The average Bonchev–Trinajstić information content (AvgIpc) is 3.82. The van der Waals surface area contributed by atoms with Crippen molar-refractivity contribution in [2.75, 3.05) is 62.4 Å². The molecular formula is C33H32F6N10O8S2. The zero-order valence-electron chi connectivity index (χ0n) is 30.4. The molecule has 59 heavy (non-hydrogen) atoms. The molecule has 0 amide bonds. The van der Waals surface area contributed by atoms with Gasteiger partial charge in [0.05, 0.1) is 49.9 Å². The number of morpholine rings is 2. The highest BCUT2D eigenvalue weighted by atomic mass is 32.3. The molecule has 4 aromatic heterocycles. The van der Waals surface area contributed by atoms with Crippen LogP contribution in [0.2, 0.25) is 0 Å². The molecule has 0 aliphatic carbocycles.